The highest BCUT2D eigenvalue weighted by atomic mass is 16.5. The lowest BCUT2D eigenvalue weighted by atomic mass is 9.92. The number of amides is 3. The van der Waals surface area contributed by atoms with Gasteiger partial charge in [0.1, 0.15) is 12.1 Å². The Morgan fingerprint density at radius 1 is 1.03 bits per heavy atom. The third-order valence-electron chi connectivity index (χ3n) is 5.23. The fourth-order valence-electron chi connectivity index (χ4n) is 3.82. The summed E-state index contributed by atoms with van der Waals surface area (Å²) in [6, 6.07) is 11.9. The van der Waals surface area contributed by atoms with Crippen LogP contribution >= 0.6 is 0 Å². The second-order valence-corrected chi connectivity index (χ2v) is 7.67. The zero-order chi connectivity index (χ0) is 22.1. The highest BCUT2D eigenvalue weighted by molar-refractivity contribution is 6.09. The highest BCUT2D eigenvalue weighted by Gasteiger charge is 2.49. The minimum absolute atomic E-state index is 0.329. The molecule has 1 aliphatic heterocycles. The van der Waals surface area contributed by atoms with Crippen LogP contribution in [0.2, 0.25) is 0 Å². The number of nitrogens with one attached hydrogen (secondary N) is 1. The summed E-state index contributed by atoms with van der Waals surface area (Å²) in [4.78, 5) is 50.7. The molecule has 0 radical (unpaired) electrons. The van der Waals surface area contributed by atoms with Crippen molar-refractivity contribution in [3.8, 4) is 0 Å². The van der Waals surface area contributed by atoms with Gasteiger partial charge < -0.3 is 10.1 Å². The van der Waals surface area contributed by atoms with E-state index in [9.17, 15) is 19.2 Å². The molecule has 0 aromatic heterocycles. The second-order valence-electron chi connectivity index (χ2n) is 7.67. The summed E-state index contributed by atoms with van der Waals surface area (Å²) >= 11 is 0. The summed E-state index contributed by atoms with van der Waals surface area (Å²) in [6.45, 7) is 6.16. The van der Waals surface area contributed by atoms with Gasteiger partial charge >= 0.3 is 12.0 Å². The van der Waals surface area contributed by atoms with Gasteiger partial charge in [0.2, 0.25) is 5.78 Å². The largest absolute Gasteiger partial charge is 0.456 e. The van der Waals surface area contributed by atoms with Crippen molar-refractivity contribution in [1.29, 1.82) is 0 Å². The summed E-state index contributed by atoms with van der Waals surface area (Å²) in [7, 11) is 0. The van der Waals surface area contributed by atoms with E-state index in [2.05, 4.69) is 5.32 Å². The third kappa shape index (κ3) is 3.96. The molecule has 7 heteroatoms. The number of ketones is 1. The second kappa shape index (κ2) is 8.10. The van der Waals surface area contributed by atoms with Crippen molar-refractivity contribution in [1.82, 2.24) is 10.2 Å². The molecule has 1 heterocycles. The van der Waals surface area contributed by atoms with Gasteiger partial charge in [-0.3, -0.25) is 19.3 Å². The van der Waals surface area contributed by atoms with Gasteiger partial charge in [-0.15, -0.1) is 0 Å². The number of rotatable bonds is 6. The Morgan fingerprint density at radius 2 is 1.63 bits per heavy atom. The number of esters is 1. The van der Waals surface area contributed by atoms with E-state index in [0.717, 1.165) is 21.6 Å². The van der Waals surface area contributed by atoms with E-state index in [1.165, 1.54) is 0 Å². The highest BCUT2D eigenvalue weighted by Crippen LogP contribution is 2.28. The molecule has 1 saturated heterocycles. The van der Waals surface area contributed by atoms with Gasteiger partial charge in [0.15, 0.2) is 6.61 Å². The Bertz CT molecular complexity index is 1010. The number of benzene rings is 2. The summed E-state index contributed by atoms with van der Waals surface area (Å²) < 4.78 is 5.07. The molecule has 0 unspecified atom stereocenters. The fourth-order valence-corrected chi connectivity index (χ4v) is 3.82. The van der Waals surface area contributed by atoms with Crippen LogP contribution in [-0.4, -0.2) is 41.7 Å². The molecule has 2 aromatic rings. The van der Waals surface area contributed by atoms with Gasteiger partial charge in [-0.1, -0.05) is 48.0 Å². The first kappa shape index (κ1) is 21.2. The van der Waals surface area contributed by atoms with Gasteiger partial charge in [0, 0.05) is 5.56 Å². The van der Waals surface area contributed by atoms with E-state index < -0.39 is 36.6 Å². The van der Waals surface area contributed by atoms with Crippen LogP contribution in [0, 0.1) is 20.8 Å². The number of nitrogens with zero attached hydrogens (tertiary/aromatic N) is 1. The zero-order valence-corrected chi connectivity index (χ0v) is 17.4. The summed E-state index contributed by atoms with van der Waals surface area (Å²) in [6.07, 6.45) is 0. The first-order valence-corrected chi connectivity index (χ1v) is 9.60. The van der Waals surface area contributed by atoms with Crippen molar-refractivity contribution in [2.24, 2.45) is 0 Å². The van der Waals surface area contributed by atoms with Crippen molar-refractivity contribution < 1.29 is 23.9 Å². The molecule has 0 saturated carbocycles. The van der Waals surface area contributed by atoms with Crippen LogP contribution < -0.4 is 5.32 Å². The van der Waals surface area contributed by atoms with Crippen LogP contribution in [0.15, 0.2) is 42.5 Å². The molecule has 1 fully saturated rings. The molecule has 1 atom stereocenters. The monoisotopic (exact) mass is 408 g/mol. The lowest BCUT2D eigenvalue weighted by molar-refractivity contribution is -0.146. The van der Waals surface area contributed by atoms with E-state index in [4.69, 9.17) is 4.74 Å². The Morgan fingerprint density at radius 3 is 2.23 bits per heavy atom. The minimum atomic E-state index is -1.26. The van der Waals surface area contributed by atoms with Gasteiger partial charge in [0.25, 0.3) is 5.91 Å². The number of hydrogen-bond acceptors (Lipinski definition) is 5. The van der Waals surface area contributed by atoms with Gasteiger partial charge in [-0.05, 0) is 44.4 Å². The molecule has 7 nitrogen and oxygen atoms in total. The maximum Gasteiger partial charge on any atom is 0.326 e. The number of carbonyl (C=O) groups excluding carboxylic acids is 4. The Hall–Kier alpha value is -3.48. The quantitative estimate of drug-likeness (QED) is 0.451. The molecule has 0 bridgehead atoms. The number of aryl methyl sites for hydroxylation is 3. The molecular weight excluding hydrogens is 384 g/mol. The Balaban J connectivity index is 1.65. The van der Waals surface area contributed by atoms with Crippen molar-refractivity contribution in [3.05, 3.63) is 70.3 Å². The molecule has 0 aliphatic carbocycles. The van der Waals surface area contributed by atoms with Crippen LogP contribution in [0.4, 0.5) is 4.79 Å². The normalized spacial score (nSPS) is 18.3. The minimum Gasteiger partial charge on any atom is -0.456 e. The molecule has 0 spiro atoms. The number of carbonyl (C=O) groups is 4. The SMILES string of the molecule is Cc1cc(C)c(C(=O)COC(=O)CN2C(=O)N[C@@](C)(c3ccccc3)C2=O)c(C)c1. The van der Waals surface area contributed by atoms with E-state index in [-0.39, 0.29) is 5.78 Å². The van der Waals surface area contributed by atoms with E-state index >= 15 is 0 Å². The molecule has 3 amide bonds. The van der Waals surface area contributed by atoms with Crippen LogP contribution in [-0.2, 0) is 19.9 Å². The van der Waals surface area contributed by atoms with Crippen LogP contribution in [0.3, 0.4) is 0 Å². The maximum atomic E-state index is 12.8. The molecule has 3 rings (SSSR count). The Labute approximate surface area is 175 Å². The number of urea groups is 1. The summed E-state index contributed by atoms with van der Waals surface area (Å²) in [5, 5.41) is 2.63. The number of ether oxygens (including phenoxy) is 1. The molecular formula is C23H24N2O5. The Kier molecular flexibility index (Phi) is 5.73. The first-order chi connectivity index (χ1) is 14.1. The zero-order valence-electron chi connectivity index (χ0n) is 17.4. The molecule has 30 heavy (non-hydrogen) atoms. The van der Waals surface area contributed by atoms with E-state index in [1.807, 2.05) is 32.9 Å². The van der Waals surface area contributed by atoms with Gasteiger partial charge in [0.05, 0.1) is 0 Å². The lowest BCUT2D eigenvalue weighted by Gasteiger charge is -2.21. The van der Waals surface area contributed by atoms with Crippen LogP contribution in [0.25, 0.3) is 0 Å². The number of Topliss-reactive ketones (excluding diaryl/α,β-unsaturated/α-hetero) is 1. The maximum absolute atomic E-state index is 12.8. The van der Waals surface area contributed by atoms with Crippen LogP contribution in [0.1, 0.15) is 39.5 Å². The van der Waals surface area contributed by atoms with E-state index in [0.29, 0.717) is 11.1 Å². The summed E-state index contributed by atoms with van der Waals surface area (Å²) in [5.41, 5.74) is 2.52. The first-order valence-electron chi connectivity index (χ1n) is 9.60. The lowest BCUT2D eigenvalue weighted by Crippen LogP contribution is -2.41. The average molecular weight is 408 g/mol. The average Bonchev–Trinajstić information content (AvgIpc) is 2.90. The predicted molar refractivity (Wildman–Crippen MR) is 110 cm³/mol. The number of hydrogen-bond donors (Lipinski definition) is 1. The standard InChI is InChI=1S/C23H24N2O5/c1-14-10-15(2)20(16(3)11-14)18(26)13-30-19(27)12-25-21(28)23(4,24-22(25)29)17-8-6-5-7-9-17/h5-11H,12-13H2,1-4H3,(H,24,29)/t23-/m0/s1. The van der Waals surface area contributed by atoms with Crippen molar-refractivity contribution >= 4 is 23.7 Å². The predicted octanol–water partition coefficient (Wildman–Crippen LogP) is 2.80. The van der Waals surface area contributed by atoms with Crippen molar-refractivity contribution in [3.63, 3.8) is 0 Å². The van der Waals surface area contributed by atoms with Crippen molar-refractivity contribution in [2.75, 3.05) is 13.2 Å². The van der Waals surface area contributed by atoms with Crippen LogP contribution in [0.5, 0.6) is 0 Å². The molecule has 1 aliphatic rings. The molecule has 156 valence electrons. The topological polar surface area (TPSA) is 92.8 Å². The fraction of sp³-hybridized carbons (Fsp3) is 0.304. The van der Waals surface area contributed by atoms with Gasteiger partial charge in [-0.25, -0.2) is 4.79 Å². The molecule has 1 N–H and O–H groups in total. The smallest absolute Gasteiger partial charge is 0.326 e. The number of imide groups is 1. The van der Waals surface area contributed by atoms with Crippen molar-refractivity contribution in [2.45, 2.75) is 33.2 Å². The van der Waals surface area contributed by atoms with Gasteiger partial charge in [-0.2, -0.15) is 0 Å². The third-order valence-corrected chi connectivity index (χ3v) is 5.23. The summed E-state index contributed by atoms with van der Waals surface area (Å²) in [5.74, 6) is -1.71. The molecule has 2 aromatic carbocycles. The van der Waals surface area contributed by atoms with E-state index in [1.54, 1.807) is 37.3 Å².